The number of benzene rings is 2. The standard InChI is InChI=1S/C25H31N5O2/c1-3-30(24(27)29-18-26)20-13-15-25(16-14-20,19-9-5-4-6-10-19)17-28-23(31)21-11-7-8-12-22(21)32-2/h4-12,20H,3,13-17H2,1-2H3,(H2,27,29)(H,28,31)/t20-,25-. The molecule has 0 spiro atoms. The first kappa shape index (κ1) is 23.1. The maximum Gasteiger partial charge on any atom is 0.255 e. The topological polar surface area (TPSA) is 104 Å². The van der Waals surface area contributed by atoms with Gasteiger partial charge in [-0.3, -0.25) is 4.79 Å². The highest BCUT2D eigenvalue weighted by Gasteiger charge is 2.39. The fraction of sp³-hybridized carbons (Fsp3) is 0.400. The van der Waals surface area contributed by atoms with Gasteiger partial charge >= 0.3 is 0 Å². The number of ether oxygens (including phenoxy) is 1. The number of para-hydroxylation sites is 1. The molecule has 0 aromatic heterocycles. The molecular formula is C25H31N5O2. The van der Waals surface area contributed by atoms with Crippen LogP contribution in [0.25, 0.3) is 0 Å². The number of amides is 1. The Kier molecular flexibility index (Phi) is 7.72. The number of rotatable bonds is 7. The molecular weight excluding hydrogens is 402 g/mol. The molecule has 0 saturated heterocycles. The summed E-state index contributed by atoms with van der Waals surface area (Å²) in [5.41, 5.74) is 7.61. The minimum Gasteiger partial charge on any atom is -0.496 e. The summed E-state index contributed by atoms with van der Waals surface area (Å²) in [6, 6.07) is 17.8. The quantitative estimate of drug-likeness (QED) is 0.396. The lowest BCUT2D eigenvalue weighted by Crippen LogP contribution is -2.50. The summed E-state index contributed by atoms with van der Waals surface area (Å²) in [5, 5.41) is 12.0. The maximum atomic E-state index is 13.0. The van der Waals surface area contributed by atoms with Gasteiger partial charge in [0.05, 0.1) is 12.7 Å². The maximum absolute atomic E-state index is 13.0. The van der Waals surface area contributed by atoms with Crippen LogP contribution in [0.1, 0.15) is 48.5 Å². The summed E-state index contributed by atoms with van der Waals surface area (Å²) in [5.74, 6) is 0.700. The summed E-state index contributed by atoms with van der Waals surface area (Å²) in [6.07, 6.45) is 5.37. The van der Waals surface area contributed by atoms with E-state index in [2.05, 4.69) is 22.4 Å². The van der Waals surface area contributed by atoms with E-state index in [1.807, 2.05) is 42.2 Å². The van der Waals surface area contributed by atoms with Crippen molar-refractivity contribution >= 4 is 11.9 Å². The highest BCUT2D eigenvalue weighted by Crippen LogP contribution is 2.40. The highest BCUT2D eigenvalue weighted by atomic mass is 16.5. The first-order valence-electron chi connectivity index (χ1n) is 11.0. The summed E-state index contributed by atoms with van der Waals surface area (Å²) in [6.45, 7) is 3.26. The Hall–Kier alpha value is -3.53. The molecule has 3 N–H and O–H groups in total. The van der Waals surface area contributed by atoms with Crippen molar-refractivity contribution < 1.29 is 9.53 Å². The van der Waals surface area contributed by atoms with Crippen LogP contribution < -0.4 is 15.8 Å². The SMILES string of the molecule is CCN(C(N)=NC#N)[C@H]1CC[C@](CNC(=O)c2ccccc2OC)(c2ccccc2)CC1. The molecule has 168 valence electrons. The Morgan fingerprint density at radius 3 is 2.50 bits per heavy atom. The van der Waals surface area contributed by atoms with Crippen molar-refractivity contribution in [2.45, 2.75) is 44.1 Å². The van der Waals surface area contributed by atoms with E-state index in [4.69, 9.17) is 15.7 Å². The van der Waals surface area contributed by atoms with Crippen LogP contribution in [0.4, 0.5) is 0 Å². The predicted molar refractivity (Wildman–Crippen MR) is 125 cm³/mol. The molecule has 0 bridgehead atoms. The second kappa shape index (κ2) is 10.7. The molecule has 1 amide bonds. The van der Waals surface area contributed by atoms with Crippen LogP contribution >= 0.6 is 0 Å². The molecule has 3 rings (SSSR count). The Morgan fingerprint density at radius 2 is 1.88 bits per heavy atom. The number of carbonyl (C=O) groups is 1. The number of aliphatic imine (C=N–C) groups is 1. The van der Waals surface area contributed by atoms with Gasteiger partial charge in [-0.2, -0.15) is 5.26 Å². The smallest absolute Gasteiger partial charge is 0.255 e. The largest absolute Gasteiger partial charge is 0.496 e. The van der Waals surface area contributed by atoms with Gasteiger partial charge in [-0.25, -0.2) is 0 Å². The summed E-state index contributed by atoms with van der Waals surface area (Å²) in [4.78, 5) is 18.7. The number of carbonyl (C=O) groups excluding carboxylic acids is 1. The molecule has 7 nitrogen and oxygen atoms in total. The number of nitriles is 1. The van der Waals surface area contributed by atoms with Crippen LogP contribution in [0.2, 0.25) is 0 Å². The first-order valence-corrected chi connectivity index (χ1v) is 11.0. The fourth-order valence-corrected chi connectivity index (χ4v) is 4.73. The van der Waals surface area contributed by atoms with Crippen molar-refractivity contribution in [3.05, 3.63) is 65.7 Å². The van der Waals surface area contributed by atoms with Gasteiger partial charge in [0.25, 0.3) is 5.91 Å². The van der Waals surface area contributed by atoms with Crippen LogP contribution in [0.15, 0.2) is 59.6 Å². The molecule has 1 saturated carbocycles. The van der Waals surface area contributed by atoms with Crippen molar-refractivity contribution in [2.24, 2.45) is 10.7 Å². The Labute approximate surface area is 189 Å². The zero-order valence-corrected chi connectivity index (χ0v) is 18.8. The summed E-state index contributed by atoms with van der Waals surface area (Å²) < 4.78 is 5.35. The number of nitrogens with one attached hydrogen (secondary N) is 1. The molecule has 0 atom stereocenters. The summed E-state index contributed by atoms with van der Waals surface area (Å²) in [7, 11) is 1.57. The average Bonchev–Trinajstić information content (AvgIpc) is 2.84. The van der Waals surface area contributed by atoms with Gasteiger partial charge in [0.2, 0.25) is 12.2 Å². The van der Waals surface area contributed by atoms with Crippen LogP contribution in [-0.2, 0) is 5.41 Å². The monoisotopic (exact) mass is 433 g/mol. The van der Waals surface area contributed by atoms with E-state index in [9.17, 15) is 4.79 Å². The third-order valence-corrected chi connectivity index (χ3v) is 6.48. The van der Waals surface area contributed by atoms with Crippen molar-refractivity contribution in [1.82, 2.24) is 10.2 Å². The lowest BCUT2D eigenvalue weighted by molar-refractivity contribution is 0.0926. The van der Waals surface area contributed by atoms with E-state index in [0.29, 0.717) is 24.4 Å². The molecule has 0 unspecified atom stereocenters. The van der Waals surface area contributed by atoms with Crippen LogP contribution in [-0.4, -0.2) is 43.0 Å². The lowest BCUT2D eigenvalue weighted by atomic mass is 9.68. The van der Waals surface area contributed by atoms with Crippen molar-refractivity contribution in [3.63, 3.8) is 0 Å². The molecule has 1 fully saturated rings. The number of methoxy groups -OCH3 is 1. The zero-order valence-electron chi connectivity index (χ0n) is 18.8. The molecule has 0 radical (unpaired) electrons. The predicted octanol–water partition coefficient (Wildman–Crippen LogP) is 3.42. The number of hydrogen-bond donors (Lipinski definition) is 2. The minimum atomic E-state index is -0.171. The van der Waals surface area contributed by atoms with Gasteiger partial charge < -0.3 is 20.7 Å². The minimum absolute atomic E-state index is 0.138. The molecule has 2 aromatic carbocycles. The van der Waals surface area contributed by atoms with E-state index in [1.165, 1.54) is 5.56 Å². The van der Waals surface area contributed by atoms with Gasteiger partial charge in [0, 0.05) is 24.5 Å². The fourth-order valence-electron chi connectivity index (χ4n) is 4.73. The van der Waals surface area contributed by atoms with Crippen LogP contribution in [0.3, 0.4) is 0 Å². The van der Waals surface area contributed by atoms with Crippen molar-refractivity contribution in [3.8, 4) is 11.9 Å². The molecule has 32 heavy (non-hydrogen) atoms. The van der Waals surface area contributed by atoms with Gasteiger partial charge in [0.1, 0.15) is 5.75 Å². The Morgan fingerprint density at radius 1 is 1.22 bits per heavy atom. The average molecular weight is 434 g/mol. The normalized spacial score (nSPS) is 20.8. The van der Waals surface area contributed by atoms with E-state index in [1.54, 1.807) is 25.4 Å². The van der Waals surface area contributed by atoms with Crippen LogP contribution in [0.5, 0.6) is 5.75 Å². The van der Waals surface area contributed by atoms with Gasteiger partial charge in [-0.1, -0.05) is 42.5 Å². The highest BCUT2D eigenvalue weighted by molar-refractivity contribution is 5.97. The molecule has 2 aromatic rings. The lowest BCUT2D eigenvalue weighted by Gasteiger charge is -2.44. The van der Waals surface area contributed by atoms with E-state index >= 15 is 0 Å². The third-order valence-electron chi connectivity index (χ3n) is 6.48. The number of nitrogens with zero attached hydrogens (tertiary/aromatic N) is 3. The Balaban J connectivity index is 1.78. The van der Waals surface area contributed by atoms with Gasteiger partial charge in [-0.05, 0) is 50.3 Å². The van der Waals surface area contributed by atoms with Crippen molar-refractivity contribution in [2.75, 3.05) is 20.2 Å². The molecule has 1 aliphatic carbocycles. The number of nitrogens with two attached hydrogens (primary N) is 1. The van der Waals surface area contributed by atoms with E-state index < -0.39 is 0 Å². The number of guanidine groups is 1. The van der Waals surface area contributed by atoms with Crippen LogP contribution in [0, 0.1) is 11.5 Å². The second-order valence-corrected chi connectivity index (χ2v) is 8.12. The molecule has 1 aliphatic rings. The van der Waals surface area contributed by atoms with E-state index in [0.717, 1.165) is 25.7 Å². The molecule has 0 aliphatic heterocycles. The summed E-state index contributed by atoms with van der Waals surface area (Å²) >= 11 is 0. The van der Waals surface area contributed by atoms with Gasteiger partial charge in [-0.15, -0.1) is 4.99 Å². The van der Waals surface area contributed by atoms with Gasteiger partial charge in [0.15, 0.2) is 0 Å². The number of hydrogen-bond acceptors (Lipinski definition) is 4. The Bertz CT molecular complexity index is 975. The second-order valence-electron chi connectivity index (χ2n) is 8.12. The molecule has 0 heterocycles. The first-order chi connectivity index (χ1) is 15.5. The van der Waals surface area contributed by atoms with Crippen molar-refractivity contribution in [1.29, 1.82) is 5.26 Å². The van der Waals surface area contributed by atoms with E-state index in [-0.39, 0.29) is 23.3 Å². The third kappa shape index (κ3) is 5.02. The molecule has 7 heteroatoms. The zero-order chi connectivity index (χ0) is 23.0.